The molecule has 0 saturated heterocycles. The van der Waals surface area contributed by atoms with Crippen molar-refractivity contribution in [2.24, 2.45) is 0 Å². The molecule has 0 aliphatic carbocycles. The zero-order valence-electron chi connectivity index (χ0n) is 15.5. The first kappa shape index (κ1) is 18.7. The molecule has 0 bridgehead atoms. The van der Waals surface area contributed by atoms with Crippen LogP contribution in [0.15, 0.2) is 43.0 Å². The molecule has 0 spiro atoms. The highest BCUT2D eigenvalue weighted by Crippen LogP contribution is 2.27. The van der Waals surface area contributed by atoms with E-state index in [-0.39, 0.29) is 6.04 Å². The van der Waals surface area contributed by atoms with Gasteiger partial charge in [-0.2, -0.15) is 11.8 Å². The Morgan fingerprint density at radius 3 is 2.73 bits per heavy atom. The molecule has 1 unspecified atom stereocenters. The second-order valence-corrected chi connectivity index (χ2v) is 7.09. The van der Waals surface area contributed by atoms with Gasteiger partial charge in [-0.05, 0) is 25.4 Å². The van der Waals surface area contributed by atoms with Crippen LogP contribution in [0.25, 0.3) is 11.3 Å². The SMILES string of the molecule is COCCn1cnnc1C(C)n1cnc(-c2ccccc2)c1CCSC. The average Bonchev–Trinajstić information content (AvgIpc) is 3.31. The third kappa shape index (κ3) is 3.99. The van der Waals surface area contributed by atoms with E-state index in [1.54, 1.807) is 13.4 Å². The van der Waals surface area contributed by atoms with Gasteiger partial charge in [0, 0.05) is 24.9 Å². The fraction of sp³-hybridized carbons (Fsp3) is 0.421. The Labute approximate surface area is 158 Å². The smallest absolute Gasteiger partial charge is 0.155 e. The molecule has 0 saturated carbocycles. The summed E-state index contributed by atoms with van der Waals surface area (Å²) in [6.45, 7) is 3.52. The lowest BCUT2D eigenvalue weighted by molar-refractivity contribution is 0.185. The summed E-state index contributed by atoms with van der Waals surface area (Å²) in [5.41, 5.74) is 3.43. The molecule has 7 heteroatoms. The van der Waals surface area contributed by atoms with Crippen LogP contribution in [0.2, 0.25) is 0 Å². The van der Waals surface area contributed by atoms with Gasteiger partial charge in [0.15, 0.2) is 5.82 Å². The second-order valence-electron chi connectivity index (χ2n) is 6.11. The van der Waals surface area contributed by atoms with Gasteiger partial charge in [0.2, 0.25) is 0 Å². The molecule has 0 amide bonds. The molecule has 6 nitrogen and oxygen atoms in total. The van der Waals surface area contributed by atoms with Gasteiger partial charge in [-0.25, -0.2) is 4.98 Å². The van der Waals surface area contributed by atoms with Crippen molar-refractivity contribution in [2.45, 2.75) is 25.9 Å². The first-order valence-corrected chi connectivity index (χ1v) is 10.1. The number of hydrogen-bond acceptors (Lipinski definition) is 5. The molecule has 1 atom stereocenters. The fourth-order valence-electron chi connectivity index (χ4n) is 3.08. The Bertz CT molecular complexity index is 814. The van der Waals surface area contributed by atoms with Gasteiger partial charge in [-0.1, -0.05) is 30.3 Å². The van der Waals surface area contributed by atoms with Gasteiger partial charge < -0.3 is 13.9 Å². The first-order chi connectivity index (χ1) is 12.8. The standard InChI is InChI=1S/C19H25N5OS/c1-15(19-22-21-14-23(19)10-11-25-2)24-13-20-18(17(24)9-12-26-3)16-7-5-4-6-8-16/h4-8,13-15H,9-12H2,1-3H3. The van der Waals surface area contributed by atoms with Crippen molar-refractivity contribution >= 4 is 11.8 Å². The highest BCUT2D eigenvalue weighted by molar-refractivity contribution is 7.98. The van der Waals surface area contributed by atoms with Crippen molar-refractivity contribution in [3.63, 3.8) is 0 Å². The Hall–Kier alpha value is -2.12. The number of hydrogen-bond donors (Lipinski definition) is 0. The summed E-state index contributed by atoms with van der Waals surface area (Å²) in [7, 11) is 1.70. The van der Waals surface area contributed by atoms with Crippen molar-refractivity contribution in [2.75, 3.05) is 25.7 Å². The third-order valence-electron chi connectivity index (χ3n) is 4.46. The highest BCUT2D eigenvalue weighted by atomic mass is 32.2. The average molecular weight is 372 g/mol. The lowest BCUT2D eigenvalue weighted by Gasteiger charge is -2.18. The summed E-state index contributed by atoms with van der Waals surface area (Å²) in [5.74, 6) is 1.97. The number of thioether (sulfide) groups is 1. The van der Waals surface area contributed by atoms with E-state index in [1.165, 1.54) is 5.69 Å². The van der Waals surface area contributed by atoms with E-state index in [0.29, 0.717) is 6.61 Å². The topological polar surface area (TPSA) is 57.8 Å². The maximum atomic E-state index is 5.20. The predicted octanol–water partition coefficient (Wildman–Crippen LogP) is 3.30. The van der Waals surface area contributed by atoms with Gasteiger partial charge in [0.25, 0.3) is 0 Å². The Morgan fingerprint density at radius 2 is 2.00 bits per heavy atom. The number of rotatable bonds is 9. The normalized spacial score (nSPS) is 12.4. The number of ether oxygens (including phenoxy) is 1. The van der Waals surface area contributed by atoms with Crippen LogP contribution in [0.1, 0.15) is 24.5 Å². The monoisotopic (exact) mass is 371 g/mol. The van der Waals surface area contributed by atoms with Gasteiger partial charge in [0.1, 0.15) is 6.33 Å². The molecule has 0 radical (unpaired) electrons. The molecule has 0 N–H and O–H groups in total. The first-order valence-electron chi connectivity index (χ1n) is 8.73. The van der Waals surface area contributed by atoms with Gasteiger partial charge in [-0.3, -0.25) is 0 Å². The molecule has 3 aromatic rings. The fourth-order valence-corrected chi connectivity index (χ4v) is 3.47. The Kier molecular flexibility index (Phi) is 6.46. The predicted molar refractivity (Wildman–Crippen MR) is 105 cm³/mol. The maximum Gasteiger partial charge on any atom is 0.155 e. The minimum atomic E-state index is 0.0520. The summed E-state index contributed by atoms with van der Waals surface area (Å²) in [4.78, 5) is 4.73. The Balaban J connectivity index is 1.96. The van der Waals surface area contributed by atoms with E-state index >= 15 is 0 Å². The van der Waals surface area contributed by atoms with Gasteiger partial charge in [-0.15, -0.1) is 10.2 Å². The van der Waals surface area contributed by atoms with Gasteiger partial charge >= 0.3 is 0 Å². The summed E-state index contributed by atoms with van der Waals surface area (Å²) < 4.78 is 9.47. The van der Waals surface area contributed by atoms with Crippen molar-refractivity contribution in [1.29, 1.82) is 0 Å². The van der Waals surface area contributed by atoms with Crippen LogP contribution in [0.3, 0.4) is 0 Å². The molecule has 0 aliphatic rings. The zero-order valence-corrected chi connectivity index (χ0v) is 16.3. The van der Waals surface area contributed by atoms with Crippen molar-refractivity contribution in [3.05, 3.63) is 54.5 Å². The van der Waals surface area contributed by atoms with Crippen molar-refractivity contribution < 1.29 is 4.74 Å². The van der Waals surface area contributed by atoms with E-state index in [2.05, 4.69) is 56.8 Å². The van der Waals surface area contributed by atoms with E-state index in [0.717, 1.165) is 35.8 Å². The summed E-state index contributed by atoms with van der Waals surface area (Å²) >= 11 is 1.85. The molecule has 0 fully saturated rings. The van der Waals surface area contributed by atoms with Crippen molar-refractivity contribution in [1.82, 2.24) is 24.3 Å². The molecule has 3 rings (SSSR count). The third-order valence-corrected chi connectivity index (χ3v) is 5.07. The van der Waals surface area contributed by atoms with Crippen LogP contribution in [0, 0.1) is 0 Å². The number of aromatic nitrogens is 5. The molecule has 26 heavy (non-hydrogen) atoms. The number of benzene rings is 1. The minimum Gasteiger partial charge on any atom is -0.383 e. The van der Waals surface area contributed by atoms with Crippen LogP contribution < -0.4 is 0 Å². The lowest BCUT2D eigenvalue weighted by atomic mass is 10.1. The number of methoxy groups -OCH3 is 1. The lowest BCUT2D eigenvalue weighted by Crippen LogP contribution is -2.17. The molecule has 2 heterocycles. The maximum absolute atomic E-state index is 5.20. The highest BCUT2D eigenvalue weighted by Gasteiger charge is 2.21. The summed E-state index contributed by atoms with van der Waals surface area (Å²) in [6.07, 6.45) is 6.79. The van der Waals surface area contributed by atoms with E-state index in [9.17, 15) is 0 Å². The van der Waals surface area contributed by atoms with E-state index in [4.69, 9.17) is 9.72 Å². The molecular formula is C19H25N5OS. The van der Waals surface area contributed by atoms with Crippen LogP contribution in [-0.2, 0) is 17.7 Å². The quantitative estimate of drug-likeness (QED) is 0.578. The van der Waals surface area contributed by atoms with Crippen molar-refractivity contribution in [3.8, 4) is 11.3 Å². The zero-order chi connectivity index (χ0) is 18.4. The largest absolute Gasteiger partial charge is 0.383 e. The number of imidazole rings is 1. The minimum absolute atomic E-state index is 0.0520. The molecule has 0 aliphatic heterocycles. The van der Waals surface area contributed by atoms with Gasteiger partial charge in [0.05, 0.1) is 24.7 Å². The van der Waals surface area contributed by atoms with Crippen LogP contribution >= 0.6 is 11.8 Å². The number of nitrogens with zero attached hydrogens (tertiary/aromatic N) is 5. The molecule has 2 aromatic heterocycles. The van der Waals surface area contributed by atoms with E-state index < -0.39 is 0 Å². The summed E-state index contributed by atoms with van der Waals surface area (Å²) in [6, 6.07) is 10.4. The molecule has 1 aromatic carbocycles. The van der Waals surface area contributed by atoms with Crippen LogP contribution in [0.5, 0.6) is 0 Å². The molecular weight excluding hydrogens is 346 g/mol. The second kappa shape index (κ2) is 9.00. The van der Waals surface area contributed by atoms with Crippen LogP contribution in [-0.4, -0.2) is 50.0 Å². The van der Waals surface area contributed by atoms with E-state index in [1.807, 2.05) is 24.2 Å². The summed E-state index contributed by atoms with van der Waals surface area (Å²) in [5, 5.41) is 8.45. The Morgan fingerprint density at radius 1 is 1.19 bits per heavy atom. The molecule has 138 valence electrons. The van der Waals surface area contributed by atoms with Crippen LogP contribution in [0.4, 0.5) is 0 Å².